The van der Waals surface area contributed by atoms with Crippen LogP contribution in [0.4, 0.5) is 10.1 Å². The highest BCUT2D eigenvalue weighted by atomic mass is 19.1. The van der Waals surface area contributed by atoms with Gasteiger partial charge in [0.1, 0.15) is 11.9 Å². The predicted molar refractivity (Wildman–Crippen MR) is 70.8 cm³/mol. The summed E-state index contributed by atoms with van der Waals surface area (Å²) in [5, 5.41) is 10.3. The molecule has 18 heavy (non-hydrogen) atoms. The molecule has 2 aromatic rings. The lowest BCUT2D eigenvalue weighted by Gasteiger charge is -2.15. The van der Waals surface area contributed by atoms with E-state index < -0.39 is 11.9 Å². The monoisotopic (exact) mass is 245 g/mol. The van der Waals surface area contributed by atoms with Gasteiger partial charge in [-0.15, -0.1) is 0 Å². The van der Waals surface area contributed by atoms with Crippen LogP contribution in [0.15, 0.2) is 36.4 Å². The molecule has 2 nitrogen and oxygen atoms in total. The highest BCUT2D eigenvalue weighted by Crippen LogP contribution is 2.28. The number of rotatable bonds is 2. The second-order valence-corrected chi connectivity index (χ2v) is 4.60. The number of aliphatic hydroxyl groups excluding tert-OH is 1. The van der Waals surface area contributed by atoms with E-state index in [9.17, 15) is 9.50 Å². The van der Waals surface area contributed by atoms with Gasteiger partial charge >= 0.3 is 0 Å². The highest BCUT2D eigenvalue weighted by molar-refractivity contribution is 5.51. The van der Waals surface area contributed by atoms with Crippen LogP contribution in [0.5, 0.6) is 0 Å². The number of hydrogen-bond acceptors (Lipinski definition) is 2. The summed E-state index contributed by atoms with van der Waals surface area (Å²) >= 11 is 0. The Kier molecular flexibility index (Phi) is 3.34. The third-order valence-electron chi connectivity index (χ3n) is 2.90. The predicted octanol–water partition coefficient (Wildman–Crippen LogP) is 3.11. The van der Waals surface area contributed by atoms with E-state index in [0.717, 1.165) is 16.7 Å². The van der Waals surface area contributed by atoms with Crippen molar-refractivity contribution in [1.29, 1.82) is 0 Å². The maximum atomic E-state index is 13.2. The van der Waals surface area contributed by atoms with E-state index in [1.165, 1.54) is 18.2 Å². The standard InChI is InChI=1S/C15H16FNO/c1-9-5-10(2)7-11(6-9)15(18)13-8-12(16)3-4-14(13)17/h3-8,15,18H,17H2,1-2H3. The number of anilines is 1. The molecule has 1 unspecified atom stereocenters. The maximum absolute atomic E-state index is 13.2. The second-order valence-electron chi connectivity index (χ2n) is 4.60. The smallest absolute Gasteiger partial charge is 0.123 e. The van der Waals surface area contributed by atoms with Crippen LogP contribution in [-0.2, 0) is 0 Å². The normalized spacial score (nSPS) is 12.4. The van der Waals surface area contributed by atoms with E-state index in [1.54, 1.807) is 0 Å². The molecule has 0 heterocycles. The summed E-state index contributed by atoms with van der Waals surface area (Å²) in [6.45, 7) is 3.91. The van der Waals surface area contributed by atoms with Gasteiger partial charge in [-0.25, -0.2) is 4.39 Å². The van der Waals surface area contributed by atoms with Crippen LogP contribution in [0.2, 0.25) is 0 Å². The fraction of sp³-hybridized carbons (Fsp3) is 0.200. The van der Waals surface area contributed by atoms with Gasteiger partial charge in [-0.3, -0.25) is 0 Å². The van der Waals surface area contributed by atoms with Crippen molar-refractivity contribution >= 4 is 5.69 Å². The first-order chi connectivity index (χ1) is 8.47. The van der Waals surface area contributed by atoms with Gasteiger partial charge in [-0.2, -0.15) is 0 Å². The zero-order valence-corrected chi connectivity index (χ0v) is 10.4. The van der Waals surface area contributed by atoms with E-state index in [0.29, 0.717) is 11.3 Å². The van der Waals surface area contributed by atoms with Crippen molar-refractivity contribution in [2.75, 3.05) is 5.73 Å². The Labute approximate surface area is 106 Å². The molecule has 0 aliphatic rings. The Morgan fingerprint density at radius 2 is 1.67 bits per heavy atom. The van der Waals surface area contributed by atoms with E-state index >= 15 is 0 Å². The van der Waals surface area contributed by atoms with Gasteiger partial charge in [0.2, 0.25) is 0 Å². The Hall–Kier alpha value is -1.87. The van der Waals surface area contributed by atoms with Gasteiger partial charge in [0.15, 0.2) is 0 Å². The van der Waals surface area contributed by atoms with E-state index in [2.05, 4.69) is 0 Å². The second kappa shape index (κ2) is 4.78. The number of nitrogen functional groups attached to an aromatic ring is 1. The molecule has 0 aliphatic heterocycles. The van der Waals surface area contributed by atoms with Gasteiger partial charge < -0.3 is 10.8 Å². The Bertz CT molecular complexity index is 560. The first-order valence-corrected chi connectivity index (χ1v) is 5.78. The summed E-state index contributed by atoms with van der Waals surface area (Å²) in [5.74, 6) is -0.400. The molecule has 0 radical (unpaired) electrons. The minimum absolute atomic E-state index is 0.392. The molecule has 0 amide bonds. The summed E-state index contributed by atoms with van der Waals surface area (Å²) in [4.78, 5) is 0. The topological polar surface area (TPSA) is 46.2 Å². The Morgan fingerprint density at radius 3 is 2.28 bits per heavy atom. The summed E-state index contributed by atoms with van der Waals surface area (Å²) in [5.41, 5.74) is 9.41. The molecule has 2 aromatic carbocycles. The van der Waals surface area contributed by atoms with Gasteiger partial charge in [-0.05, 0) is 37.6 Å². The average molecular weight is 245 g/mol. The van der Waals surface area contributed by atoms with Crippen LogP contribution in [0.25, 0.3) is 0 Å². The Morgan fingerprint density at radius 1 is 1.06 bits per heavy atom. The third kappa shape index (κ3) is 2.51. The summed E-state index contributed by atoms with van der Waals surface area (Å²) < 4.78 is 13.2. The largest absolute Gasteiger partial charge is 0.398 e. The SMILES string of the molecule is Cc1cc(C)cc(C(O)c2cc(F)ccc2N)c1. The Balaban J connectivity index is 2.47. The van der Waals surface area contributed by atoms with Crippen LogP contribution in [0, 0.1) is 19.7 Å². The van der Waals surface area contributed by atoms with Gasteiger partial charge in [0, 0.05) is 11.3 Å². The molecule has 0 saturated carbocycles. The van der Waals surface area contributed by atoms with Gasteiger partial charge in [0.05, 0.1) is 0 Å². The molecule has 0 spiro atoms. The molecule has 0 aromatic heterocycles. The van der Waals surface area contributed by atoms with Gasteiger partial charge in [0.25, 0.3) is 0 Å². The average Bonchev–Trinajstić information content (AvgIpc) is 2.30. The number of aryl methyl sites for hydroxylation is 2. The van der Waals surface area contributed by atoms with Crippen molar-refractivity contribution in [2.45, 2.75) is 20.0 Å². The summed E-state index contributed by atoms with van der Waals surface area (Å²) in [7, 11) is 0. The molecular formula is C15H16FNO. The fourth-order valence-corrected chi connectivity index (χ4v) is 2.13. The van der Waals surface area contributed by atoms with Crippen LogP contribution >= 0.6 is 0 Å². The number of nitrogens with two attached hydrogens (primary N) is 1. The quantitative estimate of drug-likeness (QED) is 0.798. The molecule has 3 N–H and O–H groups in total. The van der Waals surface area contributed by atoms with E-state index in [4.69, 9.17) is 5.73 Å². The van der Waals surface area contributed by atoms with Gasteiger partial charge in [-0.1, -0.05) is 29.3 Å². The van der Waals surface area contributed by atoms with Crippen molar-refractivity contribution < 1.29 is 9.50 Å². The molecule has 0 aliphatic carbocycles. The third-order valence-corrected chi connectivity index (χ3v) is 2.90. The minimum atomic E-state index is -0.903. The molecule has 0 bridgehead atoms. The van der Waals surface area contributed by atoms with E-state index in [-0.39, 0.29) is 0 Å². The molecule has 2 rings (SSSR count). The number of benzene rings is 2. The van der Waals surface area contributed by atoms with E-state index in [1.807, 2.05) is 32.0 Å². The lowest BCUT2D eigenvalue weighted by molar-refractivity contribution is 0.220. The fourth-order valence-electron chi connectivity index (χ4n) is 2.13. The van der Waals surface area contributed by atoms with Crippen molar-refractivity contribution in [1.82, 2.24) is 0 Å². The molecule has 3 heteroatoms. The van der Waals surface area contributed by atoms with Crippen molar-refractivity contribution in [3.8, 4) is 0 Å². The number of hydrogen-bond donors (Lipinski definition) is 2. The molecule has 0 saturated heterocycles. The zero-order valence-electron chi connectivity index (χ0n) is 10.4. The van der Waals surface area contributed by atoms with Crippen molar-refractivity contribution in [3.63, 3.8) is 0 Å². The summed E-state index contributed by atoms with van der Waals surface area (Å²) in [6.07, 6.45) is -0.903. The first kappa shape index (κ1) is 12.6. The van der Waals surface area contributed by atoms with Crippen molar-refractivity contribution in [2.24, 2.45) is 0 Å². The van der Waals surface area contributed by atoms with Crippen molar-refractivity contribution in [3.05, 3.63) is 64.5 Å². The maximum Gasteiger partial charge on any atom is 0.123 e. The minimum Gasteiger partial charge on any atom is -0.398 e. The van der Waals surface area contributed by atoms with Crippen LogP contribution < -0.4 is 5.73 Å². The molecular weight excluding hydrogens is 229 g/mol. The number of halogens is 1. The lowest BCUT2D eigenvalue weighted by Crippen LogP contribution is -2.05. The van der Waals surface area contributed by atoms with Crippen LogP contribution in [0.3, 0.4) is 0 Å². The highest BCUT2D eigenvalue weighted by Gasteiger charge is 2.15. The lowest BCUT2D eigenvalue weighted by atomic mass is 9.97. The first-order valence-electron chi connectivity index (χ1n) is 5.78. The molecule has 94 valence electrons. The molecule has 1 atom stereocenters. The zero-order chi connectivity index (χ0) is 13.3. The summed E-state index contributed by atoms with van der Waals surface area (Å²) in [6, 6.07) is 9.80. The van der Waals surface area contributed by atoms with Crippen LogP contribution in [-0.4, -0.2) is 5.11 Å². The molecule has 0 fully saturated rings. The van der Waals surface area contributed by atoms with Crippen LogP contribution in [0.1, 0.15) is 28.4 Å². The number of aliphatic hydroxyl groups is 1.